The Morgan fingerprint density at radius 1 is 0.720 bits per heavy atom. The number of carboxylic acid groups (broad SMARTS) is 1. The van der Waals surface area contributed by atoms with E-state index in [0.29, 0.717) is 0 Å². The molecule has 0 bridgehead atoms. The molecule has 1 heterocycles. The van der Waals surface area contributed by atoms with Crippen LogP contribution < -0.4 is 16.0 Å². The molecule has 1 aliphatic heterocycles. The third kappa shape index (κ3) is 9.46. The second kappa shape index (κ2) is 16.6. The topological polar surface area (TPSA) is 231 Å². The number of urea groups is 1. The second-order valence-corrected chi connectivity index (χ2v) is 11.3. The summed E-state index contributed by atoms with van der Waals surface area (Å²) in [4.78, 5) is 85.1. The minimum Gasteiger partial charge on any atom is -0.480 e. The van der Waals surface area contributed by atoms with E-state index in [4.69, 9.17) is 28.4 Å². The molecule has 6 atom stereocenters. The highest BCUT2D eigenvalue weighted by atomic mass is 16.7. The van der Waals surface area contributed by atoms with Gasteiger partial charge in [-0.3, -0.25) is 19.2 Å². The molecule has 0 spiro atoms. The number of nitrogens with one attached hydrogen (secondary N) is 3. The molecule has 1 aliphatic carbocycles. The van der Waals surface area contributed by atoms with Crippen LogP contribution in [-0.4, -0.2) is 104 Å². The van der Waals surface area contributed by atoms with Crippen LogP contribution in [0.1, 0.15) is 44.7 Å². The van der Waals surface area contributed by atoms with Gasteiger partial charge in [0, 0.05) is 33.6 Å². The Morgan fingerprint density at radius 2 is 1.26 bits per heavy atom. The van der Waals surface area contributed by atoms with Gasteiger partial charge in [0.15, 0.2) is 24.5 Å². The largest absolute Gasteiger partial charge is 0.480 e. The minimum atomic E-state index is -1.65. The van der Waals surface area contributed by atoms with Gasteiger partial charge in [0.05, 0.1) is 6.54 Å². The Morgan fingerprint density at radius 3 is 1.80 bits per heavy atom. The number of aliphatic carboxylic acids is 1. The Bertz CT molecular complexity index is 1580. The highest BCUT2D eigenvalue weighted by molar-refractivity contribution is 5.82. The molecule has 2 aliphatic rings. The van der Waals surface area contributed by atoms with Gasteiger partial charge in [-0.1, -0.05) is 48.5 Å². The first-order chi connectivity index (χ1) is 23.7. The lowest BCUT2D eigenvalue weighted by molar-refractivity contribution is -0.255. The van der Waals surface area contributed by atoms with Crippen LogP contribution in [0.4, 0.5) is 9.59 Å². The van der Waals surface area contributed by atoms with Crippen LogP contribution in [0.5, 0.6) is 0 Å². The van der Waals surface area contributed by atoms with Crippen LogP contribution in [0.25, 0.3) is 11.1 Å². The molecule has 17 heteroatoms. The molecular formula is C33H37N3O14. The Hall–Kier alpha value is -5.71. The Labute approximate surface area is 285 Å². The number of amides is 3. The molecule has 1 saturated heterocycles. The first-order valence-corrected chi connectivity index (χ1v) is 15.4. The fourth-order valence-electron chi connectivity index (χ4n) is 5.70. The van der Waals surface area contributed by atoms with Crippen LogP contribution >= 0.6 is 0 Å². The fraction of sp³-hybridized carbons (Fsp3) is 0.424. The Balaban J connectivity index is 1.41. The van der Waals surface area contributed by atoms with Crippen LogP contribution in [0.3, 0.4) is 0 Å². The fourth-order valence-corrected chi connectivity index (χ4v) is 5.70. The monoisotopic (exact) mass is 699 g/mol. The molecule has 4 N–H and O–H groups in total. The van der Waals surface area contributed by atoms with E-state index in [0.717, 1.165) is 49.9 Å². The summed E-state index contributed by atoms with van der Waals surface area (Å²) in [5.41, 5.74) is 3.92. The molecule has 1 fully saturated rings. The maximum absolute atomic E-state index is 13.0. The Kier molecular flexibility index (Phi) is 12.3. The first kappa shape index (κ1) is 37.1. The quantitative estimate of drug-likeness (QED) is 0.181. The molecule has 50 heavy (non-hydrogen) atoms. The average molecular weight is 700 g/mol. The van der Waals surface area contributed by atoms with E-state index in [1.54, 1.807) is 0 Å². The van der Waals surface area contributed by atoms with Gasteiger partial charge >= 0.3 is 42.0 Å². The van der Waals surface area contributed by atoms with E-state index in [1.165, 1.54) is 0 Å². The number of rotatable bonds is 12. The summed E-state index contributed by atoms with van der Waals surface area (Å²) in [7, 11) is 0. The summed E-state index contributed by atoms with van der Waals surface area (Å²) >= 11 is 0. The average Bonchev–Trinajstić information content (AvgIpc) is 3.36. The molecule has 2 aromatic carbocycles. The van der Waals surface area contributed by atoms with Gasteiger partial charge in [-0.2, -0.15) is 0 Å². The summed E-state index contributed by atoms with van der Waals surface area (Å²) in [6.45, 7) is 2.98. The van der Waals surface area contributed by atoms with Crippen molar-refractivity contribution >= 4 is 42.0 Å². The number of hydrogen-bond acceptors (Lipinski definition) is 13. The SMILES string of the molecule is CC(=O)OC[C@H]1O[C@@H](NC(=O)NC[C@H](NC(=O)OCC2c3ccccc3-c3ccccc32)C(=O)O)[C@H](OC(C)=O)[C@@H](OC(C)=O)[C@H]1OC(C)=O. The summed E-state index contributed by atoms with van der Waals surface area (Å²) in [5.74, 6) is -5.09. The molecule has 2 aromatic rings. The van der Waals surface area contributed by atoms with Crippen molar-refractivity contribution in [2.45, 2.75) is 70.3 Å². The van der Waals surface area contributed by atoms with Crippen molar-refractivity contribution in [2.24, 2.45) is 0 Å². The smallest absolute Gasteiger partial charge is 0.407 e. The molecule has 0 unspecified atom stereocenters. The number of carboxylic acids is 1. The van der Waals surface area contributed by atoms with Crippen molar-refractivity contribution < 1.29 is 67.1 Å². The zero-order valence-electron chi connectivity index (χ0n) is 27.5. The van der Waals surface area contributed by atoms with Crippen molar-refractivity contribution in [3.63, 3.8) is 0 Å². The van der Waals surface area contributed by atoms with E-state index < -0.39 is 91.8 Å². The van der Waals surface area contributed by atoms with Crippen molar-refractivity contribution in [3.8, 4) is 11.1 Å². The third-order valence-corrected chi connectivity index (χ3v) is 7.66. The normalized spacial score (nSPS) is 21.2. The number of fused-ring (bicyclic) bond motifs is 3. The summed E-state index contributed by atoms with van der Waals surface area (Å²) in [6.07, 6.45) is -8.54. The lowest BCUT2D eigenvalue weighted by atomic mass is 9.97. The molecule has 0 radical (unpaired) electrons. The van der Waals surface area contributed by atoms with Crippen LogP contribution in [0.15, 0.2) is 48.5 Å². The molecule has 4 rings (SSSR count). The summed E-state index contributed by atoms with van der Waals surface area (Å²) in [5, 5.41) is 16.6. The van der Waals surface area contributed by atoms with Crippen LogP contribution in [0.2, 0.25) is 0 Å². The van der Waals surface area contributed by atoms with Gasteiger partial charge in [0.1, 0.15) is 25.4 Å². The number of ether oxygens (including phenoxy) is 6. The molecule has 3 amide bonds. The molecule has 17 nitrogen and oxygen atoms in total. The number of esters is 4. The maximum atomic E-state index is 13.0. The number of carbonyl (C=O) groups excluding carboxylic acids is 6. The first-order valence-electron chi connectivity index (χ1n) is 15.4. The maximum Gasteiger partial charge on any atom is 0.407 e. The van der Waals surface area contributed by atoms with Gasteiger partial charge < -0.3 is 49.5 Å². The van der Waals surface area contributed by atoms with Crippen molar-refractivity contribution in [2.75, 3.05) is 19.8 Å². The van der Waals surface area contributed by atoms with Gasteiger partial charge in [0.2, 0.25) is 0 Å². The van der Waals surface area contributed by atoms with E-state index in [9.17, 15) is 38.7 Å². The second-order valence-electron chi connectivity index (χ2n) is 11.3. The lowest BCUT2D eigenvalue weighted by Gasteiger charge is -2.44. The van der Waals surface area contributed by atoms with E-state index in [1.807, 2.05) is 48.5 Å². The van der Waals surface area contributed by atoms with Gasteiger partial charge in [-0.15, -0.1) is 0 Å². The highest BCUT2D eigenvalue weighted by Gasteiger charge is 2.52. The number of carbonyl (C=O) groups is 7. The van der Waals surface area contributed by atoms with Crippen molar-refractivity contribution in [1.82, 2.24) is 16.0 Å². The zero-order valence-corrected chi connectivity index (χ0v) is 27.5. The highest BCUT2D eigenvalue weighted by Crippen LogP contribution is 2.44. The number of alkyl carbamates (subject to hydrolysis) is 1. The standard InChI is InChI=1S/C33H37N3O14/c1-16(37)45-15-26-27(47-17(2)38)28(48-18(3)39)29(49-19(4)40)30(50-26)36-32(43)34-13-25(31(41)42)35-33(44)46-14-24-22-11-7-5-9-20(22)21-10-6-8-12-23(21)24/h5-12,24-30H,13-15H2,1-4H3,(H,35,44)(H,41,42)(H2,34,36,43)/t25-,26+,27-,28-,29+,30+/m0/s1. The zero-order chi connectivity index (χ0) is 36.5. The van der Waals surface area contributed by atoms with Gasteiger partial charge in [-0.05, 0) is 22.3 Å². The van der Waals surface area contributed by atoms with Crippen molar-refractivity contribution in [3.05, 3.63) is 59.7 Å². The summed E-state index contributed by atoms with van der Waals surface area (Å²) in [6, 6.07) is 12.6. The van der Waals surface area contributed by atoms with Crippen molar-refractivity contribution in [1.29, 1.82) is 0 Å². The van der Waals surface area contributed by atoms with E-state index in [2.05, 4.69) is 16.0 Å². The van der Waals surface area contributed by atoms with E-state index >= 15 is 0 Å². The van der Waals surface area contributed by atoms with Gasteiger partial charge in [0.25, 0.3) is 0 Å². The molecule has 0 saturated carbocycles. The number of hydrogen-bond donors (Lipinski definition) is 4. The van der Waals surface area contributed by atoms with E-state index in [-0.39, 0.29) is 12.5 Å². The molecule has 0 aromatic heterocycles. The van der Waals surface area contributed by atoms with Crippen LogP contribution in [-0.2, 0) is 52.4 Å². The van der Waals surface area contributed by atoms with Crippen LogP contribution in [0, 0.1) is 0 Å². The molecular weight excluding hydrogens is 662 g/mol. The number of benzene rings is 2. The minimum absolute atomic E-state index is 0.0803. The predicted octanol–water partition coefficient (Wildman–Crippen LogP) is 1.36. The van der Waals surface area contributed by atoms with Gasteiger partial charge in [-0.25, -0.2) is 14.4 Å². The lowest BCUT2D eigenvalue weighted by Crippen LogP contribution is -2.67. The molecule has 268 valence electrons. The third-order valence-electron chi connectivity index (χ3n) is 7.66. The summed E-state index contributed by atoms with van der Waals surface area (Å²) < 4.78 is 32.1. The predicted molar refractivity (Wildman–Crippen MR) is 168 cm³/mol.